The van der Waals surface area contributed by atoms with E-state index in [4.69, 9.17) is 0 Å². The molecule has 0 saturated carbocycles. The van der Waals surface area contributed by atoms with Crippen molar-refractivity contribution in [2.75, 3.05) is 30.0 Å². The van der Waals surface area contributed by atoms with Gasteiger partial charge in [0.05, 0.1) is 0 Å². The van der Waals surface area contributed by atoms with Crippen LogP contribution in [0.1, 0.15) is 25.2 Å². The van der Waals surface area contributed by atoms with Crippen molar-refractivity contribution in [1.82, 2.24) is 9.97 Å². The summed E-state index contributed by atoms with van der Waals surface area (Å²) in [6.07, 6.45) is 1.72. The Hall–Kier alpha value is -1.17. The quantitative estimate of drug-likeness (QED) is 0.823. The molecule has 0 aliphatic carbocycles. The predicted molar refractivity (Wildman–Crippen MR) is 77.7 cm³/mol. The maximum absolute atomic E-state index is 11.3. The molecule has 1 aromatic rings. The van der Waals surface area contributed by atoms with Crippen molar-refractivity contribution in [2.45, 2.75) is 32.9 Å². The molecule has 1 rings (SSSR count). The number of aromatic nitrogens is 2. The molecule has 18 heavy (non-hydrogen) atoms. The highest BCUT2D eigenvalue weighted by molar-refractivity contribution is 7.84. The topological polar surface area (TPSA) is 66.9 Å². The summed E-state index contributed by atoms with van der Waals surface area (Å²) in [5.41, 5.74) is 0.997. The molecular weight excluding hydrogens is 248 g/mol. The van der Waals surface area contributed by atoms with Gasteiger partial charge in [-0.05, 0) is 27.7 Å². The molecule has 0 aliphatic heterocycles. The van der Waals surface area contributed by atoms with Crippen molar-refractivity contribution in [3.63, 3.8) is 0 Å². The molecule has 5 nitrogen and oxygen atoms in total. The van der Waals surface area contributed by atoms with Gasteiger partial charge in [0.2, 0.25) is 0 Å². The number of anilines is 2. The molecule has 0 saturated heterocycles. The summed E-state index contributed by atoms with van der Waals surface area (Å²) in [6, 6.07) is 0. The Bertz CT molecular complexity index is 436. The van der Waals surface area contributed by atoms with E-state index in [0.717, 1.165) is 29.6 Å². The first kappa shape index (κ1) is 14.9. The van der Waals surface area contributed by atoms with Crippen molar-refractivity contribution in [3.8, 4) is 0 Å². The number of aryl methyl sites for hydroxylation is 1. The number of nitrogens with zero attached hydrogens (tertiary/aromatic N) is 2. The first-order valence-electron chi connectivity index (χ1n) is 6.10. The fourth-order valence-corrected chi connectivity index (χ4v) is 1.82. The minimum atomic E-state index is -0.826. The first-order valence-corrected chi connectivity index (χ1v) is 7.73. The summed E-state index contributed by atoms with van der Waals surface area (Å²) in [6.45, 7) is 9.31. The molecule has 1 heterocycles. The lowest BCUT2D eigenvalue weighted by Gasteiger charge is -2.15. The monoisotopic (exact) mass is 270 g/mol. The highest BCUT2D eigenvalue weighted by Gasteiger charge is 2.11. The molecule has 0 fully saturated rings. The molecular formula is C12H22N4OS. The van der Waals surface area contributed by atoms with Crippen LogP contribution in [0.25, 0.3) is 0 Å². The highest BCUT2D eigenvalue weighted by Crippen LogP contribution is 2.19. The Morgan fingerprint density at radius 3 is 2.28 bits per heavy atom. The number of hydrogen-bond acceptors (Lipinski definition) is 5. The second-order valence-electron chi connectivity index (χ2n) is 4.31. The molecule has 2 N–H and O–H groups in total. The first-order chi connectivity index (χ1) is 8.45. The third-order valence-electron chi connectivity index (χ3n) is 2.73. The van der Waals surface area contributed by atoms with Crippen LogP contribution in [-0.4, -0.2) is 38.8 Å². The third-order valence-corrected chi connectivity index (χ3v) is 4.03. The van der Waals surface area contributed by atoms with Crippen molar-refractivity contribution >= 4 is 22.4 Å². The molecule has 0 aromatic carbocycles. The summed E-state index contributed by atoms with van der Waals surface area (Å²) in [5.74, 6) is 2.40. The predicted octanol–water partition coefficient (Wildman–Crippen LogP) is 1.70. The van der Waals surface area contributed by atoms with Gasteiger partial charge in [0, 0.05) is 41.0 Å². The van der Waals surface area contributed by atoms with Gasteiger partial charge in [-0.3, -0.25) is 4.21 Å². The molecule has 6 heteroatoms. The molecule has 2 unspecified atom stereocenters. The van der Waals surface area contributed by atoms with Crippen molar-refractivity contribution in [3.05, 3.63) is 11.4 Å². The zero-order valence-electron chi connectivity index (χ0n) is 11.7. The van der Waals surface area contributed by atoms with Crippen LogP contribution in [0, 0.1) is 13.8 Å². The molecule has 0 bridgehead atoms. The van der Waals surface area contributed by atoms with E-state index in [9.17, 15) is 4.21 Å². The fourth-order valence-electron chi connectivity index (χ4n) is 1.50. The van der Waals surface area contributed by atoms with Crippen LogP contribution in [-0.2, 0) is 10.8 Å². The number of nitrogens with one attached hydrogen (secondary N) is 2. The molecule has 102 valence electrons. The number of rotatable bonds is 6. The van der Waals surface area contributed by atoms with Crippen LogP contribution >= 0.6 is 0 Å². The second-order valence-corrected chi connectivity index (χ2v) is 6.12. The molecule has 0 spiro atoms. The van der Waals surface area contributed by atoms with Crippen LogP contribution in [0.4, 0.5) is 11.6 Å². The maximum Gasteiger partial charge on any atom is 0.134 e. The summed E-state index contributed by atoms with van der Waals surface area (Å²) in [7, 11) is -0.826. The SMILES string of the molecule is CCNc1nc(C)nc(NCC(C)S(C)=O)c1C. The van der Waals surface area contributed by atoms with Gasteiger partial charge >= 0.3 is 0 Å². The van der Waals surface area contributed by atoms with Gasteiger partial charge in [-0.2, -0.15) is 0 Å². The van der Waals surface area contributed by atoms with Gasteiger partial charge in [-0.15, -0.1) is 0 Å². The number of hydrogen-bond donors (Lipinski definition) is 2. The lowest BCUT2D eigenvalue weighted by molar-refractivity contribution is 0.678. The van der Waals surface area contributed by atoms with Gasteiger partial charge in [-0.1, -0.05) is 0 Å². The van der Waals surface area contributed by atoms with Gasteiger partial charge in [0.25, 0.3) is 0 Å². The van der Waals surface area contributed by atoms with Crippen LogP contribution in [0.3, 0.4) is 0 Å². The lowest BCUT2D eigenvalue weighted by atomic mass is 10.3. The van der Waals surface area contributed by atoms with E-state index in [0.29, 0.717) is 6.54 Å². The summed E-state index contributed by atoms with van der Waals surface area (Å²) in [5, 5.41) is 6.57. The standard InChI is InChI=1S/C12H22N4OS/c1-6-13-11-9(3)12(16-10(4)15-11)14-7-8(2)18(5)17/h8H,6-7H2,1-5H3,(H2,13,14,15,16). The van der Waals surface area contributed by atoms with E-state index in [-0.39, 0.29) is 5.25 Å². The average Bonchev–Trinajstić information content (AvgIpc) is 2.31. The molecule has 2 atom stereocenters. The largest absolute Gasteiger partial charge is 0.370 e. The third kappa shape index (κ3) is 3.94. The smallest absolute Gasteiger partial charge is 0.134 e. The molecule has 1 aromatic heterocycles. The van der Waals surface area contributed by atoms with Gasteiger partial charge in [0.1, 0.15) is 17.5 Å². The summed E-state index contributed by atoms with van der Waals surface area (Å²) >= 11 is 0. The fraction of sp³-hybridized carbons (Fsp3) is 0.667. The van der Waals surface area contributed by atoms with Gasteiger partial charge in [0.15, 0.2) is 0 Å². The molecule has 0 radical (unpaired) electrons. The highest BCUT2D eigenvalue weighted by atomic mass is 32.2. The van der Waals surface area contributed by atoms with Crippen molar-refractivity contribution in [1.29, 1.82) is 0 Å². The van der Waals surface area contributed by atoms with E-state index in [1.54, 1.807) is 6.26 Å². The summed E-state index contributed by atoms with van der Waals surface area (Å²) in [4.78, 5) is 8.75. The zero-order valence-corrected chi connectivity index (χ0v) is 12.5. The molecule has 0 aliphatic rings. The van der Waals surface area contributed by atoms with Crippen LogP contribution in [0.2, 0.25) is 0 Å². The Morgan fingerprint density at radius 2 is 1.78 bits per heavy atom. The van der Waals surface area contributed by atoms with E-state index in [2.05, 4.69) is 20.6 Å². The second kappa shape index (κ2) is 6.68. The van der Waals surface area contributed by atoms with E-state index in [1.807, 2.05) is 27.7 Å². The van der Waals surface area contributed by atoms with Gasteiger partial charge in [-0.25, -0.2) is 9.97 Å². The van der Waals surface area contributed by atoms with Crippen molar-refractivity contribution in [2.24, 2.45) is 0 Å². The molecule has 0 amide bonds. The van der Waals surface area contributed by atoms with Crippen LogP contribution < -0.4 is 10.6 Å². The lowest BCUT2D eigenvalue weighted by Crippen LogP contribution is -2.22. The Balaban J connectivity index is 2.85. The van der Waals surface area contributed by atoms with Crippen LogP contribution in [0.5, 0.6) is 0 Å². The Labute approximate surface area is 111 Å². The Morgan fingerprint density at radius 1 is 1.22 bits per heavy atom. The average molecular weight is 270 g/mol. The van der Waals surface area contributed by atoms with Gasteiger partial charge < -0.3 is 10.6 Å². The van der Waals surface area contributed by atoms with Crippen LogP contribution in [0.15, 0.2) is 0 Å². The zero-order chi connectivity index (χ0) is 13.7. The van der Waals surface area contributed by atoms with Crippen molar-refractivity contribution < 1.29 is 4.21 Å². The maximum atomic E-state index is 11.3. The van der Waals surface area contributed by atoms with E-state index in [1.165, 1.54) is 0 Å². The van der Waals surface area contributed by atoms with E-state index >= 15 is 0 Å². The minimum Gasteiger partial charge on any atom is -0.370 e. The van der Waals surface area contributed by atoms with E-state index < -0.39 is 10.8 Å². The Kier molecular flexibility index (Phi) is 5.53. The normalized spacial score (nSPS) is 14.1. The summed E-state index contributed by atoms with van der Waals surface area (Å²) < 4.78 is 11.3. The minimum absolute atomic E-state index is 0.0993.